The van der Waals surface area contributed by atoms with E-state index in [-0.39, 0.29) is 31.1 Å². The van der Waals surface area contributed by atoms with Gasteiger partial charge in [0.15, 0.2) is 6.10 Å². The molecule has 44 heavy (non-hydrogen) atoms. The summed E-state index contributed by atoms with van der Waals surface area (Å²) in [5, 5.41) is 0. The van der Waals surface area contributed by atoms with Crippen molar-refractivity contribution in [2.45, 2.75) is 213 Å². The first-order chi connectivity index (χ1) is 21.5. The second-order valence-electron chi connectivity index (χ2n) is 12.9. The van der Waals surface area contributed by atoms with Crippen molar-refractivity contribution in [1.29, 1.82) is 0 Å². The molecule has 6 heteroatoms. The molecule has 1 atom stereocenters. The van der Waals surface area contributed by atoms with E-state index in [0.717, 1.165) is 57.8 Å². The Labute approximate surface area is 272 Å². The van der Waals surface area contributed by atoms with E-state index in [1.165, 1.54) is 109 Å². The molecule has 0 aromatic carbocycles. The van der Waals surface area contributed by atoms with Crippen molar-refractivity contribution in [1.82, 2.24) is 0 Å². The summed E-state index contributed by atoms with van der Waals surface area (Å²) in [5.74, 6) is -0.874. The topological polar surface area (TPSA) is 78.9 Å². The van der Waals surface area contributed by atoms with Gasteiger partial charge in [0.2, 0.25) is 0 Å². The monoisotopic (exact) mass is 625 g/mol. The van der Waals surface area contributed by atoms with E-state index < -0.39 is 6.10 Å². The minimum absolute atomic E-state index is 0.0647. The highest BCUT2D eigenvalue weighted by Gasteiger charge is 2.19. The maximum Gasteiger partial charge on any atom is 0.306 e. The molecular formula is C38H72O6. The molecule has 0 spiro atoms. The van der Waals surface area contributed by atoms with Crippen LogP contribution in [-0.4, -0.2) is 37.2 Å². The number of esters is 3. The Morgan fingerprint density at radius 2 is 0.614 bits per heavy atom. The predicted molar refractivity (Wildman–Crippen MR) is 183 cm³/mol. The Bertz CT molecular complexity index is 649. The molecule has 0 radical (unpaired) electrons. The zero-order valence-corrected chi connectivity index (χ0v) is 29.4. The fraction of sp³-hybridized carbons (Fsp3) is 0.921. The number of carbonyl (C=O) groups excluding carboxylic acids is 3. The average molecular weight is 625 g/mol. The lowest BCUT2D eigenvalue weighted by atomic mass is 10.1. The van der Waals surface area contributed by atoms with Crippen LogP contribution in [0.15, 0.2) is 0 Å². The van der Waals surface area contributed by atoms with Crippen LogP contribution in [0.3, 0.4) is 0 Å². The molecule has 0 aromatic rings. The molecule has 0 saturated carbocycles. The Morgan fingerprint density at radius 3 is 0.909 bits per heavy atom. The summed E-state index contributed by atoms with van der Waals surface area (Å²) in [4.78, 5) is 37.2. The fourth-order valence-electron chi connectivity index (χ4n) is 5.44. The molecule has 0 unspecified atom stereocenters. The van der Waals surface area contributed by atoms with Gasteiger partial charge in [-0.05, 0) is 19.3 Å². The Kier molecular flexibility index (Phi) is 33.0. The molecule has 0 bridgehead atoms. The van der Waals surface area contributed by atoms with Gasteiger partial charge in [-0.2, -0.15) is 0 Å². The fourth-order valence-corrected chi connectivity index (χ4v) is 5.44. The van der Waals surface area contributed by atoms with Crippen LogP contribution in [0.2, 0.25) is 0 Å². The summed E-state index contributed by atoms with van der Waals surface area (Å²) >= 11 is 0. The average Bonchev–Trinajstić information content (AvgIpc) is 3.02. The van der Waals surface area contributed by atoms with Crippen LogP contribution in [0.1, 0.15) is 207 Å². The number of ether oxygens (including phenoxy) is 3. The molecule has 0 aliphatic heterocycles. The van der Waals surface area contributed by atoms with Crippen molar-refractivity contribution in [3.05, 3.63) is 0 Å². The molecule has 0 amide bonds. The van der Waals surface area contributed by atoms with Crippen LogP contribution < -0.4 is 0 Å². The van der Waals surface area contributed by atoms with Crippen LogP contribution in [0.4, 0.5) is 0 Å². The van der Waals surface area contributed by atoms with Gasteiger partial charge in [0, 0.05) is 19.3 Å². The molecular weight excluding hydrogens is 552 g/mol. The van der Waals surface area contributed by atoms with Gasteiger partial charge in [-0.3, -0.25) is 14.4 Å². The van der Waals surface area contributed by atoms with E-state index in [1.807, 2.05) is 0 Å². The number of carbonyl (C=O) groups is 3. The summed E-state index contributed by atoms with van der Waals surface area (Å²) < 4.78 is 16.5. The molecule has 0 fully saturated rings. The van der Waals surface area contributed by atoms with Crippen molar-refractivity contribution in [2.75, 3.05) is 13.2 Å². The molecule has 0 aliphatic carbocycles. The van der Waals surface area contributed by atoms with E-state index in [1.54, 1.807) is 0 Å². The molecule has 6 nitrogen and oxygen atoms in total. The highest BCUT2D eigenvalue weighted by atomic mass is 16.6. The minimum Gasteiger partial charge on any atom is -0.462 e. The van der Waals surface area contributed by atoms with Crippen molar-refractivity contribution < 1.29 is 28.6 Å². The maximum atomic E-state index is 12.5. The second-order valence-corrected chi connectivity index (χ2v) is 12.9. The number of hydrogen-bond donors (Lipinski definition) is 0. The molecule has 260 valence electrons. The molecule has 0 rings (SSSR count). The lowest BCUT2D eigenvalue weighted by molar-refractivity contribution is -0.167. The minimum atomic E-state index is -0.754. The summed E-state index contributed by atoms with van der Waals surface area (Å²) in [7, 11) is 0. The third-order valence-corrected chi connectivity index (χ3v) is 8.36. The number of hydrogen-bond acceptors (Lipinski definition) is 6. The Hall–Kier alpha value is -1.59. The molecule has 0 heterocycles. The third kappa shape index (κ3) is 31.8. The molecule has 0 N–H and O–H groups in total. The van der Waals surface area contributed by atoms with Gasteiger partial charge in [-0.25, -0.2) is 0 Å². The smallest absolute Gasteiger partial charge is 0.306 e. The third-order valence-electron chi connectivity index (χ3n) is 8.36. The van der Waals surface area contributed by atoms with Crippen molar-refractivity contribution in [3.63, 3.8) is 0 Å². The SMILES string of the molecule is CCCCCCCCCCCCC(=O)O[C@H](COC(=O)CCCCCCCCC)COC(=O)CCCCCCCCCCC. The maximum absolute atomic E-state index is 12.5. The van der Waals surface area contributed by atoms with Gasteiger partial charge in [0.1, 0.15) is 13.2 Å². The molecule has 0 saturated heterocycles. The summed E-state index contributed by atoms with van der Waals surface area (Å²) in [6.07, 6.45) is 30.9. The number of unbranched alkanes of at least 4 members (excludes halogenated alkanes) is 23. The van der Waals surface area contributed by atoms with Gasteiger partial charge in [-0.15, -0.1) is 0 Å². The van der Waals surface area contributed by atoms with Crippen molar-refractivity contribution in [2.24, 2.45) is 0 Å². The van der Waals surface area contributed by atoms with E-state index in [2.05, 4.69) is 20.8 Å². The van der Waals surface area contributed by atoms with E-state index in [0.29, 0.717) is 19.3 Å². The van der Waals surface area contributed by atoms with E-state index in [4.69, 9.17) is 14.2 Å². The first-order valence-electron chi connectivity index (χ1n) is 19.0. The molecule has 0 aliphatic rings. The quantitative estimate of drug-likeness (QED) is 0.0402. The van der Waals surface area contributed by atoms with Crippen LogP contribution in [-0.2, 0) is 28.6 Å². The van der Waals surface area contributed by atoms with Crippen molar-refractivity contribution >= 4 is 17.9 Å². The Morgan fingerprint density at radius 1 is 0.364 bits per heavy atom. The largest absolute Gasteiger partial charge is 0.462 e. The number of rotatable bonds is 34. The summed E-state index contributed by atoms with van der Waals surface area (Å²) in [6.45, 7) is 6.55. The van der Waals surface area contributed by atoms with Crippen molar-refractivity contribution in [3.8, 4) is 0 Å². The van der Waals surface area contributed by atoms with Gasteiger partial charge in [-0.1, -0.05) is 168 Å². The van der Waals surface area contributed by atoms with Gasteiger partial charge in [0.25, 0.3) is 0 Å². The van der Waals surface area contributed by atoms with Gasteiger partial charge < -0.3 is 14.2 Å². The van der Waals surface area contributed by atoms with Crippen LogP contribution in [0.25, 0.3) is 0 Å². The lowest BCUT2D eigenvalue weighted by Crippen LogP contribution is -2.30. The summed E-state index contributed by atoms with van der Waals surface area (Å²) in [6, 6.07) is 0. The lowest BCUT2D eigenvalue weighted by Gasteiger charge is -2.18. The van der Waals surface area contributed by atoms with E-state index in [9.17, 15) is 14.4 Å². The zero-order chi connectivity index (χ0) is 32.4. The normalized spacial score (nSPS) is 11.8. The van der Waals surface area contributed by atoms with Crippen LogP contribution in [0.5, 0.6) is 0 Å². The van der Waals surface area contributed by atoms with E-state index >= 15 is 0 Å². The highest BCUT2D eigenvalue weighted by molar-refractivity contribution is 5.71. The Balaban J connectivity index is 4.34. The first-order valence-corrected chi connectivity index (χ1v) is 19.0. The van der Waals surface area contributed by atoms with Crippen LogP contribution >= 0.6 is 0 Å². The second kappa shape index (κ2) is 34.3. The van der Waals surface area contributed by atoms with Gasteiger partial charge >= 0.3 is 17.9 Å². The molecule has 0 aromatic heterocycles. The standard InChI is InChI=1S/C38H72O6/c1-4-7-10-13-16-18-20-23-26-29-32-38(41)44-35(33-42-36(39)30-27-24-21-15-12-9-6-3)34-43-37(40)31-28-25-22-19-17-14-11-8-5-2/h35H,4-34H2,1-3H3/t35-/m1/s1. The predicted octanol–water partition coefficient (Wildman–Crippen LogP) is 11.4. The summed E-state index contributed by atoms with van der Waals surface area (Å²) in [5.41, 5.74) is 0. The first kappa shape index (κ1) is 42.4. The highest BCUT2D eigenvalue weighted by Crippen LogP contribution is 2.14. The van der Waals surface area contributed by atoms with Gasteiger partial charge in [0.05, 0.1) is 0 Å². The van der Waals surface area contributed by atoms with Crippen LogP contribution in [0, 0.1) is 0 Å². The zero-order valence-electron chi connectivity index (χ0n) is 29.4.